The van der Waals surface area contributed by atoms with Crippen LogP contribution in [0.3, 0.4) is 0 Å². The predicted molar refractivity (Wildman–Crippen MR) is 153 cm³/mol. The number of carbonyl (C=O) groups excluding carboxylic acids is 2. The first-order valence-electron chi connectivity index (χ1n) is 14.5. The Balaban J connectivity index is 1.29. The highest BCUT2D eigenvalue weighted by Crippen LogP contribution is 2.45. The van der Waals surface area contributed by atoms with E-state index in [-0.39, 0.29) is 24.8 Å². The summed E-state index contributed by atoms with van der Waals surface area (Å²) in [5.74, 6) is -0.321. The number of aliphatic carboxylic acids is 1. The highest BCUT2D eigenvalue weighted by molar-refractivity contribution is 5.95. The molecule has 11 nitrogen and oxygen atoms in total. The number of rotatable bonds is 5. The summed E-state index contributed by atoms with van der Waals surface area (Å²) in [6.07, 6.45) is 12.2. The molecule has 1 saturated carbocycles. The van der Waals surface area contributed by atoms with E-state index in [0.717, 1.165) is 42.9 Å². The highest BCUT2D eigenvalue weighted by atomic mass is 16.5. The van der Waals surface area contributed by atoms with Gasteiger partial charge >= 0.3 is 5.97 Å². The Bertz CT molecular complexity index is 1520. The van der Waals surface area contributed by atoms with E-state index in [1.807, 2.05) is 36.4 Å². The lowest BCUT2D eigenvalue weighted by atomic mass is 10.1. The lowest BCUT2D eigenvalue weighted by molar-refractivity contribution is -0.145. The van der Waals surface area contributed by atoms with Crippen molar-refractivity contribution in [3.05, 3.63) is 54.9 Å². The molecule has 6 rings (SSSR count). The number of pyridine rings is 1. The maximum Gasteiger partial charge on any atom is 0.330 e. The maximum atomic E-state index is 13.6. The topological polar surface area (TPSA) is 136 Å². The van der Waals surface area contributed by atoms with Gasteiger partial charge in [-0.3, -0.25) is 9.59 Å². The van der Waals surface area contributed by atoms with Gasteiger partial charge < -0.3 is 24.8 Å². The van der Waals surface area contributed by atoms with Crippen LogP contribution in [0.4, 0.5) is 0 Å². The Hall–Kier alpha value is -4.41. The zero-order valence-electron chi connectivity index (χ0n) is 23.6. The number of nitrogens with zero attached hydrogens (tertiary/aromatic N) is 4. The fraction of sp³-hybridized carbons (Fsp3) is 0.452. The summed E-state index contributed by atoms with van der Waals surface area (Å²) in [6, 6.07) is 8.43. The first kappa shape index (κ1) is 27.7. The highest BCUT2D eigenvalue weighted by Gasteiger charge is 2.61. The van der Waals surface area contributed by atoms with Crippen molar-refractivity contribution in [1.82, 2.24) is 25.0 Å². The molecular weight excluding hydrogens is 538 g/mol. The summed E-state index contributed by atoms with van der Waals surface area (Å²) in [4.78, 5) is 45.6. The average Bonchev–Trinajstić information content (AvgIpc) is 3.31. The molecule has 220 valence electrons. The fourth-order valence-electron chi connectivity index (χ4n) is 6.06. The summed E-state index contributed by atoms with van der Waals surface area (Å²) < 4.78 is 13.5. The molecule has 1 aliphatic carbocycles. The van der Waals surface area contributed by atoms with Gasteiger partial charge in [-0.1, -0.05) is 25.0 Å². The van der Waals surface area contributed by atoms with Gasteiger partial charge in [0.15, 0.2) is 5.82 Å². The monoisotopic (exact) mass is 573 g/mol. The third kappa shape index (κ3) is 5.43. The Kier molecular flexibility index (Phi) is 7.57. The molecule has 11 heteroatoms. The zero-order chi connectivity index (χ0) is 29.3. The van der Waals surface area contributed by atoms with Crippen molar-refractivity contribution in [2.75, 3.05) is 13.7 Å². The summed E-state index contributed by atoms with van der Waals surface area (Å²) >= 11 is 0. The van der Waals surface area contributed by atoms with Crippen molar-refractivity contribution < 1.29 is 29.0 Å². The van der Waals surface area contributed by atoms with Crippen LogP contribution < -0.4 is 14.8 Å². The Morgan fingerprint density at radius 3 is 2.81 bits per heavy atom. The number of nitrogens with one attached hydrogen (secondary N) is 1. The lowest BCUT2D eigenvalue weighted by Crippen LogP contribution is -2.53. The molecule has 42 heavy (non-hydrogen) atoms. The van der Waals surface area contributed by atoms with Crippen molar-refractivity contribution in [1.29, 1.82) is 0 Å². The molecule has 4 heterocycles. The number of methoxy groups -OCH3 is 1. The second-order valence-electron chi connectivity index (χ2n) is 11.3. The zero-order valence-corrected chi connectivity index (χ0v) is 23.6. The van der Waals surface area contributed by atoms with E-state index in [9.17, 15) is 19.5 Å². The number of fused-ring (bicyclic) bond motifs is 3. The van der Waals surface area contributed by atoms with Gasteiger partial charge in [0.1, 0.15) is 23.4 Å². The van der Waals surface area contributed by atoms with Gasteiger partial charge in [-0.25, -0.2) is 9.48 Å². The van der Waals surface area contributed by atoms with Crippen LogP contribution in [0.1, 0.15) is 51.4 Å². The van der Waals surface area contributed by atoms with Crippen molar-refractivity contribution in [3.63, 3.8) is 0 Å². The fourth-order valence-corrected chi connectivity index (χ4v) is 6.06. The quantitative estimate of drug-likeness (QED) is 0.442. The van der Waals surface area contributed by atoms with E-state index in [1.165, 1.54) is 0 Å². The minimum Gasteiger partial charge on any atom is -0.497 e. The Labute approximate surface area is 243 Å². The number of ether oxygens (including phenoxy) is 2. The Morgan fingerprint density at radius 1 is 1.17 bits per heavy atom. The average molecular weight is 574 g/mol. The maximum absolute atomic E-state index is 13.6. The molecule has 2 fully saturated rings. The number of hydrogen-bond acceptors (Lipinski definition) is 7. The molecule has 2 N–H and O–H groups in total. The Morgan fingerprint density at radius 2 is 2.02 bits per heavy atom. The molecule has 3 aromatic rings. The number of aromatic nitrogens is 3. The molecule has 0 radical (unpaired) electrons. The van der Waals surface area contributed by atoms with Gasteiger partial charge in [0.05, 0.1) is 13.7 Å². The van der Waals surface area contributed by atoms with Gasteiger partial charge in [0.25, 0.3) is 0 Å². The molecule has 1 saturated heterocycles. The number of amides is 2. The lowest BCUT2D eigenvalue weighted by Gasteiger charge is -2.25. The first-order valence-corrected chi connectivity index (χ1v) is 14.5. The molecule has 2 amide bonds. The minimum absolute atomic E-state index is 0.126. The number of hydrogen-bond donors (Lipinski definition) is 2. The van der Waals surface area contributed by atoms with Crippen LogP contribution in [0, 0.1) is 5.92 Å². The smallest absolute Gasteiger partial charge is 0.330 e. The molecule has 0 spiro atoms. The van der Waals surface area contributed by atoms with E-state index < -0.39 is 29.6 Å². The van der Waals surface area contributed by atoms with Crippen molar-refractivity contribution >= 4 is 28.6 Å². The van der Waals surface area contributed by atoms with Crippen LogP contribution in [0.5, 0.6) is 11.6 Å². The van der Waals surface area contributed by atoms with E-state index in [2.05, 4.69) is 10.4 Å². The molecule has 1 aromatic carbocycles. The van der Waals surface area contributed by atoms with E-state index in [0.29, 0.717) is 30.3 Å². The molecular formula is C31H35N5O6. The third-order valence-corrected chi connectivity index (χ3v) is 8.52. The SMILES string of the molecule is COc1ccc2c(O[C@@H]3CC4C(=O)N[C@]5(C(=O)O)C[C@H]5/C=C\CCCCCCC(=O)N4C3)nc(-n3cccn3)cc2c1. The van der Waals surface area contributed by atoms with Gasteiger partial charge in [0, 0.05) is 36.5 Å². The van der Waals surface area contributed by atoms with Crippen LogP contribution in [-0.2, 0) is 14.4 Å². The van der Waals surface area contributed by atoms with Crippen molar-refractivity contribution in [2.24, 2.45) is 5.92 Å². The van der Waals surface area contributed by atoms with E-state index in [1.54, 1.807) is 35.2 Å². The van der Waals surface area contributed by atoms with E-state index in [4.69, 9.17) is 14.5 Å². The normalized spacial score (nSPS) is 27.3. The molecule has 4 atom stereocenters. The van der Waals surface area contributed by atoms with Crippen LogP contribution in [0.15, 0.2) is 54.9 Å². The predicted octanol–water partition coefficient (Wildman–Crippen LogP) is 3.65. The van der Waals surface area contributed by atoms with E-state index >= 15 is 0 Å². The second-order valence-corrected chi connectivity index (χ2v) is 11.3. The summed E-state index contributed by atoms with van der Waals surface area (Å²) in [5, 5.41) is 18.7. The number of carboxylic acid groups (broad SMARTS) is 1. The molecule has 2 aromatic heterocycles. The van der Waals surface area contributed by atoms with Crippen molar-refractivity contribution in [3.8, 4) is 17.4 Å². The van der Waals surface area contributed by atoms with Crippen LogP contribution in [0.2, 0.25) is 0 Å². The van der Waals surface area contributed by atoms with Crippen molar-refractivity contribution in [2.45, 2.75) is 69.1 Å². The van der Waals surface area contributed by atoms with Gasteiger partial charge in [-0.15, -0.1) is 0 Å². The second kappa shape index (κ2) is 11.5. The van der Waals surface area contributed by atoms with Gasteiger partial charge in [-0.2, -0.15) is 10.1 Å². The van der Waals surface area contributed by atoms with Crippen LogP contribution in [0.25, 0.3) is 16.6 Å². The van der Waals surface area contributed by atoms with Gasteiger partial charge in [0.2, 0.25) is 17.7 Å². The number of carbonyl (C=O) groups is 3. The number of carboxylic acids is 1. The van der Waals surface area contributed by atoms with Crippen LogP contribution >= 0.6 is 0 Å². The summed E-state index contributed by atoms with van der Waals surface area (Å²) in [7, 11) is 1.60. The largest absolute Gasteiger partial charge is 0.497 e. The third-order valence-electron chi connectivity index (χ3n) is 8.52. The molecule has 3 aliphatic rings. The van der Waals surface area contributed by atoms with Crippen LogP contribution in [-0.4, -0.2) is 73.9 Å². The standard InChI is InChI=1S/C31H35N5O6/c1-41-22-11-12-24-20(15-22)16-26(36-14-8-13-32-36)33-29(24)42-23-17-25-28(38)34-31(30(39)40)18-21(31)9-6-4-2-3-5-7-10-27(37)35(25)19-23/h6,8-9,11-16,21,23,25H,2-5,7,10,17-19H2,1H3,(H,34,38)(H,39,40)/b9-6-/t21-,23-,25?,31-/m1/s1. The number of benzene rings is 1. The molecule has 0 bridgehead atoms. The molecule has 2 aliphatic heterocycles. The summed E-state index contributed by atoms with van der Waals surface area (Å²) in [5.41, 5.74) is -1.34. The van der Waals surface area contributed by atoms with Gasteiger partial charge in [-0.05, 0) is 61.4 Å². The minimum atomic E-state index is -1.34. The first-order chi connectivity index (χ1) is 20.4. The number of allylic oxidation sites excluding steroid dienone is 1. The summed E-state index contributed by atoms with van der Waals surface area (Å²) in [6.45, 7) is 0.200. The molecule has 1 unspecified atom stereocenters.